The Morgan fingerprint density at radius 3 is 2.80 bits per heavy atom. The number of methoxy groups -OCH3 is 1. The third-order valence-corrected chi connectivity index (χ3v) is 4.87. The molecule has 30 heavy (non-hydrogen) atoms. The van der Waals surface area contributed by atoms with Crippen molar-refractivity contribution in [1.29, 1.82) is 0 Å². The maximum Gasteiger partial charge on any atom is 0.413 e. The van der Waals surface area contributed by atoms with Gasteiger partial charge in [-0.05, 0) is 30.0 Å². The molecule has 0 spiro atoms. The van der Waals surface area contributed by atoms with Crippen molar-refractivity contribution in [2.75, 3.05) is 12.4 Å². The molecule has 0 radical (unpaired) electrons. The molecule has 1 amide bonds. The monoisotopic (exact) mass is 407 g/mol. The fourth-order valence-corrected chi connectivity index (χ4v) is 3.33. The van der Waals surface area contributed by atoms with Crippen LogP contribution < -0.4 is 5.32 Å². The van der Waals surface area contributed by atoms with E-state index in [0.717, 1.165) is 35.4 Å². The van der Waals surface area contributed by atoms with Crippen LogP contribution >= 0.6 is 0 Å². The van der Waals surface area contributed by atoms with Crippen LogP contribution in [0.3, 0.4) is 0 Å². The van der Waals surface area contributed by atoms with E-state index in [1.54, 1.807) is 12.1 Å². The second-order valence-electron chi connectivity index (χ2n) is 6.89. The second kappa shape index (κ2) is 8.64. The summed E-state index contributed by atoms with van der Waals surface area (Å²) in [5.41, 5.74) is 3.79. The fraction of sp³-hybridized carbons (Fsp3) is 0.238. The summed E-state index contributed by atoms with van der Waals surface area (Å²) in [7, 11) is 1.33. The van der Waals surface area contributed by atoms with Gasteiger partial charge in [0, 0.05) is 12.0 Å². The van der Waals surface area contributed by atoms with E-state index < -0.39 is 12.1 Å². The Balaban J connectivity index is 1.35. The number of nitrogens with zero attached hydrogens (tertiary/aromatic N) is 2. The highest BCUT2D eigenvalue weighted by Gasteiger charge is 2.23. The Morgan fingerprint density at radius 1 is 1.17 bits per heavy atom. The van der Waals surface area contributed by atoms with E-state index in [4.69, 9.17) is 9.47 Å². The highest BCUT2D eigenvalue weighted by Crippen LogP contribution is 2.36. The first kappa shape index (κ1) is 19.4. The summed E-state index contributed by atoms with van der Waals surface area (Å²) in [5, 5.41) is 16.7. The van der Waals surface area contributed by atoms with E-state index in [9.17, 15) is 9.59 Å². The number of benzene rings is 1. The number of anilines is 1. The van der Waals surface area contributed by atoms with Crippen LogP contribution in [0.1, 0.15) is 46.2 Å². The lowest BCUT2D eigenvalue weighted by Crippen LogP contribution is -2.13. The van der Waals surface area contributed by atoms with Crippen LogP contribution in [0.25, 0.3) is 5.57 Å². The molecule has 1 aromatic carbocycles. The van der Waals surface area contributed by atoms with Gasteiger partial charge in [-0.25, -0.2) is 9.59 Å². The number of nitrogens with one attached hydrogen (secondary N) is 3. The smallest absolute Gasteiger partial charge is 0.413 e. The van der Waals surface area contributed by atoms with Crippen molar-refractivity contribution >= 4 is 23.5 Å². The summed E-state index contributed by atoms with van der Waals surface area (Å²) < 4.78 is 9.90. The highest BCUT2D eigenvalue weighted by molar-refractivity contribution is 5.88. The summed E-state index contributed by atoms with van der Waals surface area (Å²) >= 11 is 0. The van der Waals surface area contributed by atoms with Gasteiger partial charge in [0.15, 0.2) is 0 Å². The van der Waals surface area contributed by atoms with Crippen LogP contribution in [0, 0.1) is 0 Å². The standard InChI is InChI=1S/C21H21N5O4/c1-29-20(27)18-10-16(23-25-18)14-7-8-15(9-14)17-11-19(26-24-17)22-21(28)30-12-13-5-3-2-4-6-13/h2-6,9-11,15H,7-8,12H2,1H3,(H,23,25)(H2,22,24,26,28). The Morgan fingerprint density at radius 2 is 2.00 bits per heavy atom. The van der Waals surface area contributed by atoms with Crippen LogP contribution in [-0.2, 0) is 16.1 Å². The van der Waals surface area contributed by atoms with Crippen LogP contribution in [0.5, 0.6) is 0 Å². The molecule has 3 N–H and O–H groups in total. The Hall–Kier alpha value is -3.88. The molecule has 1 atom stereocenters. The summed E-state index contributed by atoms with van der Waals surface area (Å²) in [4.78, 5) is 23.6. The van der Waals surface area contributed by atoms with Crippen LogP contribution in [0.2, 0.25) is 0 Å². The summed E-state index contributed by atoms with van der Waals surface area (Å²) in [5.74, 6) is 0.106. The zero-order valence-corrected chi connectivity index (χ0v) is 16.3. The van der Waals surface area contributed by atoms with Crippen LogP contribution in [-0.4, -0.2) is 39.6 Å². The van der Waals surface area contributed by atoms with Crippen molar-refractivity contribution in [1.82, 2.24) is 20.4 Å². The van der Waals surface area contributed by atoms with Crippen LogP contribution in [0.15, 0.2) is 48.5 Å². The number of carbonyl (C=O) groups excluding carboxylic acids is 2. The molecule has 2 heterocycles. The largest absolute Gasteiger partial charge is 0.464 e. The molecule has 2 aromatic heterocycles. The second-order valence-corrected chi connectivity index (χ2v) is 6.89. The number of carbonyl (C=O) groups is 2. The van der Waals surface area contributed by atoms with E-state index in [2.05, 4.69) is 31.8 Å². The lowest BCUT2D eigenvalue weighted by Gasteiger charge is -2.05. The number of allylic oxidation sites excluding steroid dienone is 2. The third-order valence-electron chi connectivity index (χ3n) is 4.87. The average Bonchev–Trinajstić information content (AvgIpc) is 3.52. The van der Waals surface area contributed by atoms with Crippen LogP contribution in [0.4, 0.5) is 10.6 Å². The molecular formula is C21H21N5O4. The van der Waals surface area contributed by atoms with E-state index in [1.165, 1.54) is 7.11 Å². The summed E-state index contributed by atoms with van der Waals surface area (Å²) in [6, 6.07) is 12.9. The van der Waals surface area contributed by atoms with Gasteiger partial charge >= 0.3 is 12.1 Å². The maximum absolute atomic E-state index is 12.0. The van der Waals surface area contributed by atoms with Gasteiger partial charge in [0.1, 0.15) is 18.1 Å². The number of aromatic nitrogens is 4. The number of H-pyrrole nitrogens is 2. The van der Waals surface area contributed by atoms with Crippen molar-refractivity contribution < 1.29 is 19.1 Å². The first-order valence-electron chi connectivity index (χ1n) is 9.50. The van der Waals surface area contributed by atoms with Gasteiger partial charge in [0.25, 0.3) is 0 Å². The van der Waals surface area contributed by atoms with Crippen molar-refractivity contribution in [3.63, 3.8) is 0 Å². The van der Waals surface area contributed by atoms with Crippen molar-refractivity contribution in [3.8, 4) is 0 Å². The molecule has 0 bridgehead atoms. The first-order chi connectivity index (χ1) is 14.6. The lowest BCUT2D eigenvalue weighted by atomic mass is 10.1. The third kappa shape index (κ3) is 4.40. The number of hydrogen-bond acceptors (Lipinski definition) is 6. The van der Waals surface area contributed by atoms with E-state index >= 15 is 0 Å². The molecule has 4 rings (SSSR count). The van der Waals surface area contributed by atoms with Crippen molar-refractivity contribution in [2.24, 2.45) is 0 Å². The topological polar surface area (TPSA) is 122 Å². The number of esters is 1. The van der Waals surface area contributed by atoms with Gasteiger partial charge in [-0.3, -0.25) is 15.5 Å². The predicted octanol–water partition coefficient (Wildman–Crippen LogP) is 3.63. The minimum absolute atomic E-state index is 0.0883. The minimum Gasteiger partial charge on any atom is -0.464 e. The number of rotatable bonds is 6. The lowest BCUT2D eigenvalue weighted by molar-refractivity contribution is 0.0594. The maximum atomic E-state index is 12.0. The summed E-state index contributed by atoms with van der Waals surface area (Å²) in [6.45, 7) is 0.194. The molecule has 3 aromatic rings. The highest BCUT2D eigenvalue weighted by atomic mass is 16.5. The molecule has 0 fully saturated rings. The molecule has 9 heteroatoms. The molecule has 1 unspecified atom stereocenters. The van der Waals surface area contributed by atoms with E-state index in [0.29, 0.717) is 11.5 Å². The SMILES string of the molecule is COC(=O)c1cc(C2=CC(c3cc(NC(=O)OCc4ccccc4)[nH]n3)CC2)n[nH]1. The normalized spacial score (nSPS) is 15.5. The number of amides is 1. The number of hydrogen-bond donors (Lipinski definition) is 3. The van der Waals surface area contributed by atoms with E-state index in [1.807, 2.05) is 30.3 Å². The quantitative estimate of drug-likeness (QED) is 0.537. The Kier molecular flexibility index (Phi) is 5.60. The molecule has 9 nitrogen and oxygen atoms in total. The Labute approximate surface area is 172 Å². The van der Waals surface area contributed by atoms with Gasteiger partial charge in [0.2, 0.25) is 0 Å². The summed E-state index contributed by atoms with van der Waals surface area (Å²) in [6.07, 6.45) is 3.19. The minimum atomic E-state index is -0.552. The predicted molar refractivity (Wildman–Crippen MR) is 109 cm³/mol. The van der Waals surface area contributed by atoms with Gasteiger partial charge in [-0.1, -0.05) is 36.4 Å². The Bertz CT molecular complexity index is 1070. The van der Waals surface area contributed by atoms with Gasteiger partial charge in [-0.15, -0.1) is 0 Å². The zero-order valence-electron chi connectivity index (χ0n) is 16.3. The fourth-order valence-electron chi connectivity index (χ4n) is 3.33. The van der Waals surface area contributed by atoms with Gasteiger partial charge in [0.05, 0.1) is 18.5 Å². The molecular weight excluding hydrogens is 386 g/mol. The van der Waals surface area contributed by atoms with Crippen molar-refractivity contribution in [3.05, 3.63) is 71.2 Å². The zero-order chi connectivity index (χ0) is 20.9. The first-order valence-corrected chi connectivity index (χ1v) is 9.50. The molecule has 154 valence electrons. The molecule has 1 aliphatic rings. The molecule has 0 saturated heterocycles. The van der Waals surface area contributed by atoms with Crippen molar-refractivity contribution in [2.45, 2.75) is 25.4 Å². The average molecular weight is 407 g/mol. The number of aromatic amines is 2. The van der Waals surface area contributed by atoms with Gasteiger partial charge < -0.3 is 9.47 Å². The van der Waals surface area contributed by atoms with E-state index in [-0.39, 0.29) is 12.5 Å². The molecule has 0 saturated carbocycles. The van der Waals surface area contributed by atoms with Gasteiger partial charge in [-0.2, -0.15) is 10.2 Å². The number of ether oxygens (including phenoxy) is 2. The molecule has 0 aliphatic heterocycles. The molecule has 1 aliphatic carbocycles.